The number of hydrogen-bond acceptors (Lipinski definition) is 6. The van der Waals surface area contributed by atoms with Crippen LogP contribution in [-0.2, 0) is 12.7 Å². The molecule has 1 aliphatic rings. The van der Waals surface area contributed by atoms with Gasteiger partial charge in [-0.1, -0.05) is 30.5 Å². The van der Waals surface area contributed by atoms with E-state index in [-0.39, 0.29) is 23.6 Å². The van der Waals surface area contributed by atoms with Crippen molar-refractivity contribution in [2.45, 2.75) is 19.6 Å². The van der Waals surface area contributed by atoms with E-state index in [9.17, 15) is 18.0 Å². The van der Waals surface area contributed by atoms with Gasteiger partial charge < -0.3 is 10.2 Å². The van der Waals surface area contributed by atoms with Crippen molar-refractivity contribution in [3.63, 3.8) is 0 Å². The number of carbonyl (C=O) groups excluding carboxylic acids is 1. The zero-order valence-electron chi connectivity index (χ0n) is 22.0. The molecule has 2 amide bonds. The van der Waals surface area contributed by atoms with Crippen molar-refractivity contribution >= 4 is 34.8 Å². The van der Waals surface area contributed by atoms with E-state index >= 15 is 0 Å². The first-order valence-corrected chi connectivity index (χ1v) is 13.3. The number of urea groups is 1. The summed E-state index contributed by atoms with van der Waals surface area (Å²) in [7, 11) is 0. The Morgan fingerprint density at radius 1 is 1.00 bits per heavy atom. The molecule has 1 fully saturated rings. The first-order chi connectivity index (χ1) is 19.7. The Hall–Kier alpha value is -4.18. The number of benzene rings is 1. The number of alkyl halides is 3. The minimum absolute atomic E-state index is 0.0195. The Morgan fingerprint density at radius 2 is 1.78 bits per heavy atom. The molecule has 0 bridgehead atoms. The molecule has 0 unspecified atom stereocenters. The van der Waals surface area contributed by atoms with Gasteiger partial charge in [-0.25, -0.2) is 19.7 Å². The van der Waals surface area contributed by atoms with Gasteiger partial charge in [-0.15, -0.1) is 0 Å². The third kappa shape index (κ3) is 7.13. The number of hydrogen-bond donors (Lipinski definition) is 2. The molecule has 0 spiro atoms. The fourth-order valence-electron chi connectivity index (χ4n) is 4.51. The van der Waals surface area contributed by atoms with Gasteiger partial charge >= 0.3 is 12.2 Å². The molecule has 4 aromatic rings. The number of pyridine rings is 1. The molecule has 0 radical (unpaired) electrons. The lowest BCUT2D eigenvalue weighted by Crippen LogP contribution is -2.45. The number of nitrogens with zero attached hydrogens (tertiary/aromatic N) is 6. The van der Waals surface area contributed by atoms with Crippen molar-refractivity contribution in [1.82, 2.24) is 29.2 Å². The highest BCUT2D eigenvalue weighted by molar-refractivity contribution is 6.29. The summed E-state index contributed by atoms with van der Waals surface area (Å²) < 4.78 is 43.4. The van der Waals surface area contributed by atoms with Crippen LogP contribution < -0.4 is 10.6 Å². The maximum Gasteiger partial charge on any atom is 0.416 e. The van der Waals surface area contributed by atoms with Crippen LogP contribution in [0, 0.1) is 11.8 Å². The number of anilines is 2. The zero-order valence-corrected chi connectivity index (χ0v) is 22.8. The number of fused-ring (bicyclic) bond motifs is 1. The number of nitrogens with one attached hydrogen (secondary N) is 2. The number of halogens is 4. The average molecular weight is 583 g/mol. The number of rotatable bonds is 5. The Labute approximate surface area is 239 Å². The number of aromatic nitrogens is 4. The van der Waals surface area contributed by atoms with Gasteiger partial charge in [-0.2, -0.15) is 13.2 Å². The van der Waals surface area contributed by atoms with Crippen LogP contribution in [0.2, 0.25) is 5.15 Å². The van der Waals surface area contributed by atoms with Crippen LogP contribution in [0.1, 0.15) is 29.3 Å². The Morgan fingerprint density at radius 3 is 2.54 bits per heavy atom. The fraction of sp³-hybridized carbons (Fsp3) is 0.286. The molecule has 4 heterocycles. The molecular formula is C28H26ClF3N8O. The van der Waals surface area contributed by atoms with Crippen molar-refractivity contribution in [3.05, 3.63) is 82.7 Å². The molecule has 5 rings (SSSR count). The second-order valence-electron chi connectivity index (χ2n) is 9.42. The Balaban J connectivity index is 1.25. The minimum Gasteiger partial charge on any atom is -0.308 e. The third-order valence-corrected chi connectivity index (χ3v) is 6.88. The number of likely N-dealkylation sites (N-methyl/N-ethyl adjacent to an activating group) is 1. The minimum atomic E-state index is -4.56. The second-order valence-corrected chi connectivity index (χ2v) is 9.81. The lowest BCUT2D eigenvalue weighted by Gasteiger charge is -2.34. The van der Waals surface area contributed by atoms with E-state index in [0.29, 0.717) is 35.1 Å². The monoisotopic (exact) mass is 582 g/mol. The lowest BCUT2D eigenvalue weighted by molar-refractivity contribution is -0.138. The third-order valence-electron chi connectivity index (χ3n) is 6.68. The predicted molar refractivity (Wildman–Crippen MR) is 150 cm³/mol. The second kappa shape index (κ2) is 12.1. The Bertz CT molecular complexity index is 1620. The summed E-state index contributed by atoms with van der Waals surface area (Å²) in [5, 5.41) is 5.31. The Kier molecular flexibility index (Phi) is 8.39. The molecular weight excluding hydrogens is 557 g/mol. The van der Waals surface area contributed by atoms with E-state index < -0.39 is 17.8 Å². The van der Waals surface area contributed by atoms with E-state index in [1.54, 1.807) is 28.9 Å². The predicted octanol–water partition coefficient (Wildman–Crippen LogP) is 4.98. The van der Waals surface area contributed by atoms with Gasteiger partial charge in [0, 0.05) is 56.4 Å². The van der Waals surface area contributed by atoms with Crippen LogP contribution in [0.25, 0.3) is 5.65 Å². The van der Waals surface area contributed by atoms with Crippen LogP contribution in [0.5, 0.6) is 0 Å². The summed E-state index contributed by atoms with van der Waals surface area (Å²) in [6, 6.07) is 6.33. The van der Waals surface area contributed by atoms with Gasteiger partial charge in [0.25, 0.3) is 0 Å². The summed E-state index contributed by atoms with van der Waals surface area (Å²) in [5.74, 6) is 6.14. The molecule has 0 saturated carbocycles. The van der Waals surface area contributed by atoms with Crippen LogP contribution >= 0.6 is 11.6 Å². The normalized spacial score (nSPS) is 14.5. The number of carbonyl (C=O) groups is 1. The largest absolute Gasteiger partial charge is 0.416 e. The zero-order chi connectivity index (χ0) is 29.0. The highest BCUT2D eigenvalue weighted by atomic mass is 35.5. The highest BCUT2D eigenvalue weighted by Crippen LogP contribution is 2.34. The summed E-state index contributed by atoms with van der Waals surface area (Å²) in [4.78, 5) is 29.2. The molecule has 1 saturated heterocycles. The van der Waals surface area contributed by atoms with Crippen LogP contribution in [0.3, 0.4) is 0 Å². The molecule has 2 N–H and O–H groups in total. The molecule has 0 aliphatic carbocycles. The standard InChI is InChI=1S/C28H26ClF3N8O/c1-2-38-9-11-39(12-10-38)17-20-4-5-21(14-23(20)28(30,31)32)36-27(41)37-25-13-19(7-8-33-25)3-6-22-15-35-26-16-34-24(29)18-40(22)26/h4-5,7-8,13-16,18H,2,9-12,17H2,1H3,(H2,33,36,37,41). The van der Waals surface area contributed by atoms with Crippen molar-refractivity contribution in [3.8, 4) is 11.8 Å². The van der Waals surface area contributed by atoms with Crippen molar-refractivity contribution in [1.29, 1.82) is 0 Å². The van der Waals surface area contributed by atoms with Crippen LogP contribution in [-0.4, -0.2) is 67.9 Å². The van der Waals surface area contributed by atoms with E-state index in [1.165, 1.54) is 24.5 Å². The first kappa shape index (κ1) is 28.4. The van der Waals surface area contributed by atoms with E-state index in [0.717, 1.165) is 25.7 Å². The topological polar surface area (TPSA) is 90.7 Å². The lowest BCUT2D eigenvalue weighted by atomic mass is 10.0. The molecule has 41 heavy (non-hydrogen) atoms. The number of piperazine rings is 1. The van der Waals surface area contributed by atoms with Gasteiger partial charge in [0.2, 0.25) is 0 Å². The van der Waals surface area contributed by atoms with Gasteiger partial charge in [0.1, 0.15) is 16.7 Å². The number of imidazole rings is 1. The smallest absolute Gasteiger partial charge is 0.308 e. The average Bonchev–Trinajstić information content (AvgIpc) is 3.34. The molecule has 9 nitrogen and oxygen atoms in total. The van der Waals surface area contributed by atoms with Gasteiger partial charge in [-0.05, 0) is 42.3 Å². The molecule has 1 aliphatic heterocycles. The molecule has 0 atom stereocenters. The van der Waals surface area contributed by atoms with E-state index in [4.69, 9.17) is 11.6 Å². The summed E-state index contributed by atoms with van der Waals surface area (Å²) in [5.41, 5.74) is 1.14. The van der Waals surface area contributed by atoms with Gasteiger partial charge in [0.15, 0.2) is 5.65 Å². The summed E-state index contributed by atoms with van der Waals surface area (Å²) >= 11 is 5.96. The SMILES string of the molecule is CCN1CCN(Cc2ccc(NC(=O)Nc3cc(C#Cc4cnc5cnc(Cl)cn45)ccn3)cc2C(F)(F)F)CC1. The maximum absolute atomic E-state index is 13.9. The summed E-state index contributed by atoms with van der Waals surface area (Å²) in [6.45, 7) is 6.24. The van der Waals surface area contributed by atoms with E-state index in [2.05, 4.69) is 49.3 Å². The molecule has 1 aromatic carbocycles. The van der Waals surface area contributed by atoms with Crippen LogP contribution in [0.4, 0.5) is 29.5 Å². The highest BCUT2D eigenvalue weighted by Gasteiger charge is 2.34. The quantitative estimate of drug-likeness (QED) is 0.323. The first-order valence-electron chi connectivity index (χ1n) is 12.9. The molecule has 212 valence electrons. The maximum atomic E-state index is 13.9. The van der Waals surface area contributed by atoms with Gasteiger partial charge in [0.05, 0.1) is 18.0 Å². The molecule has 13 heteroatoms. The van der Waals surface area contributed by atoms with E-state index in [1.807, 2.05) is 4.90 Å². The number of amides is 2. The van der Waals surface area contributed by atoms with Crippen molar-refractivity contribution < 1.29 is 18.0 Å². The van der Waals surface area contributed by atoms with Crippen molar-refractivity contribution in [2.75, 3.05) is 43.4 Å². The molecule has 3 aromatic heterocycles. The van der Waals surface area contributed by atoms with Crippen LogP contribution in [0.15, 0.2) is 55.1 Å². The fourth-order valence-corrected chi connectivity index (χ4v) is 4.66. The van der Waals surface area contributed by atoms with Crippen molar-refractivity contribution in [2.24, 2.45) is 0 Å². The summed E-state index contributed by atoms with van der Waals surface area (Å²) in [6.07, 6.45) is 1.61. The van der Waals surface area contributed by atoms with Gasteiger partial charge in [-0.3, -0.25) is 14.6 Å².